The number of nitrogens with zero attached hydrogens (tertiary/aromatic N) is 1. The Morgan fingerprint density at radius 3 is 2.54 bits per heavy atom. The van der Waals surface area contributed by atoms with Crippen LogP contribution in [0.1, 0.15) is 16.7 Å². The molecule has 1 aliphatic rings. The van der Waals surface area contributed by atoms with E-state index >= 15 is 0 Å². The van der Waals surface area contributed by atoms with Crippen LogP contribution >= 0.6 is 0 Å². The summed E-state index contributed by atoms with van der Waals surface area (Å²) in [6, 6.07) is 11.4. The van der Waals surface area contributed by atoms with Crippen molar-refractivity contribution in [1.82, 2.24) is 4.90 Å². The smallest absolute Gasteiger partial charge is 0.416 e. The lowest BCUT2D eigenvalue weighted by molar-refractivity contribution is -0.137. The van der Waals surface area contributed by atoms with Gasteiger partial charge in [0.2, 0.25) is 0 Å². The molecule has 1 aliphatic heterocycles. The van der Waals surface area contributed by atoms with Gasteiger partial charge in [0, 0.05) is 13.1 Å². The Labute approximate surface area is 150 Å². The van der Waals surface area contributed by atoms with Crippen molar-refractivity contribution in [2.45, 2.75) is 12.7 Å². The maximum Gasteiger partial charge on any atom is 0.416 e. The standard InChI is InChI=1S/C20H20F3NO2/c1-24(14-15-8-9-18-19(13-15)26-12-11-25-18)10-4-6-16-5-2-3-7-17(16)20(21,22)23/h2-9,13H,10-12,14H2,1H3/b6-4+. The van der Waals surface area contributed by atoms with Crippen molar-refractivity contribution < 1.29 is 22.6 Å². The SMILES string of the molecule is CN(C/C=C/c1ccccc1C(F)(F)F)Cc1ccc2c(c1)OCCO2. The predicted molar refractivity (Wildman–Crippen MR) is 94.2 cm³/mol. The minimum absolute atomic E-state index is 0.174. The molecule has 2 aromatic carbocycles. The van der Waals surface area contributed by atoms with Crippen LogP contribution < -0.4 is 9.47 Å². The maximum atomic E-state index is 13.0. The number of hydrogen-bond acceptors (Lipinski definition) is 3. The summed E-state index contributed by atoms with van der Waals surface area (Å²) < 4.78 is 50.0. The first-order chi connectivity index (χ1) is 12.4. The summed E-state index contributed by atoms with van der Waals surface area (Å²) >= 11 is 0. The quantitative estimate of drug-likeness (QED) is 0.774. The van der Waals surface area contributed by atoms with Gasteiger partial charge in [-0.05, 0) is 36.4 Å². The Kier molecular flexibility index (Phi) is 5.52. The maximum absolute atomic E-state index is 13.0. The van der Waals surface area contributed by atoms with E-state index in [4.69, 9.17) is 9.47 Å². The lowest BCUT2D eigenvalue weighted by atomic mass is 10.1. The van der Waals surface area contributed by atoms with Gasteiger partial charge >= 0.3 is 6.18 Å². The second kappa shape index (κ2) is 7.83. The number of fused-ring (bicyclic) bond motifs is 1. The van der Waals surface area contributed by atoms with E-state index in [9.17, 15) is 13.2 Å². The Balaban J connectivity index is 1.61. The predicted octanol–water partition coefficient (Wildman–Crippen LogP) is 4.62. The Bertz CT molecular complexity index is 787. The number of rotatable bonds is 5. The number of alkyl halides is 3. The van der Waals surface area contributed by atoms with E-state index < -0.39 is 11.7 Å². The molecule has 0 saturated carbocycles. The van der Waals surface area contributed by atoms with E-state index in [1.54, 1.807) is 12.1 Å². The summed E-state index contributed by atoms with van der Waals surface area (Å²) in [4.78, 5) is 2.01. The molecule has 3 rings (SSSR count). The van der Waals surface area contributed by atoms with Crippen LogP contribution in [0.15, 0.2) is 48.5 Å². The van der Waals surface area contributed by atoms with Gasteiger partial charge in [0.05, 0.1) is 5.56 Å². The van der Waals surface area contributed by atoms with Gasteiger partial charge in [0.25, 0.3) is 0 Å². The zero-order chi connectivity index (χ0) is 18.6. The number of halogens is 3. The molecule has 1 heterocycles. The van der Waals surface area contributed by atoms with Gasteiger partial charge in [-0.2, -0.15) is 13.2 Å². The van der Waals surface area contributed by atoms with Crippen LogP contribution in [0.4, 0.5) is 13.2 Å². The lowest BCUT2D eigenvalue weighted by Gasteiger charge is -2.20. The van der Waals surface area contributed by atoms with Crippen molar-refractivity contribution in [2.24, 2.45) is 0 Å². The molecule has 0 aromatic heterocycles. The van der Waals surface area contributed by atoms with Crippen molar-refractivity contribution in [3.63, 3.8) is 0 Å². The third-order valence-electron chi connectivity index (χ3n) is 4.04. The molecule has 3 nitrogen and oxygen atoms in total. The summed E-state index contributed by atoms with van der Waals surface area (Å²) in [6.45, 7) is 2.27. The summed E-state index contributed by atoms with van der Waals surface area (Å²) in [7, 11) is 1.91. The van der Waals surface area contributed by atoms with Gasteiger partial charge in [-0.1, -0.05) is 36.4 Å². The van der Waals surface area contributed by atoms with Gasteiger partial charge in [-0.3, -0.25) is 4.90 Å². The third kappa shape index (κ3) is 4.58. The van der Waals surface area contributed by atoms with E-state index in [0.29, 0.717) is 26.3 Å². The molecule has 0 radical (unpaired) electrons. The third-order valence-corrected chi connectivity index (χ3v) is 4.04. The van der Waals surface area contributed by atoms with Crippen molar-refractivity contribution in [2.75, 3.05) is 26.8 Å². The first-order valence-electron chi connectivity index (χ1n) is 8.33. The minimum atomic E-state index is -4.35. The van der Waals surface area contributed by atoms with Gasteiger partial charge in [0.1, 0.15) is 13.2 Å². The van der Waals surface area contributed by atoms with Crippen LogP contribution in [0.2, 0.25) is 0 Å². The monoisotopic (exact) mass is 363 g/mol. The molecule has 0 N–H and O–H groups in total. The zero-order valence-electron chi connectivity index (χ0n) is 14.4. The fourth-order valence-electron chi connectivity index (χ4n) is 2.82. The van der Waals surface area contributed by atoms with Crippen molar-refractivity contribution in [3.05, 3.63) is 65.2 Å². The normalized spacial score (nSPS) is 14.2. The van der Waals surface area contributed by atoms with Crippen LogP contribution in [0, 0.1) is 0 Å². The molecule has 138 valence electrons. The van der Waals surface area contributed by atoms with Crippen LogP contribution in [-0.2, 0) is 12.7 Å². The molecule has 0 unspecified atom stereocenters. The Morgan fingerprint density at radius 1 is 1.04 bits per heavy atom. The van der Waals surface area contributed by atoms with Crippen LogP contribution in [0.5, 0.6) is 11.5 Å². The van der Waals surface area contributed by atoms with Crippen LogP contribution in [0.25, 0.3) is 6.08 Å². The van der Waals surface area contributed by atoms with E-state index in [1.165, 1.54) is 18.2 Å². The summed E-state index contributed by atoms with van der Waals surface area (Å²) in [5.74, 6) is 1.48. The minimum Gasteiger partial charge on any atom is -0.486 e. The summed E-state index contributed by atoms with van der Waals surface area (Å²) in [5, 5.41) is 0. The molecule has 0 spiro atoms. The van der Waals surface area contributed by atoms with Gasteiger partial charge < -0.3 is 9.47 Å². The van der Waals surface area contributed by atoms with Crippen molar-refractivity contribution >= 4 is 6.08 Å². The summed E-state index contributed by atoms with van der Waals surface area (Å²) in [5.41, 5.74) is 0.610. The van der Waals surface area contributed by atoms with Gasteiger partial charge in [0.15, 0.2) is 11.5 Å². The first kappa shape index (κ1) is 18.3. The number of likely N-dealkylation sites (N-methyl/N-ethyl adjacent to an activating group) is 1. The van der Waals surface area contributed by atoms with Crippen LogP contribution in [0.3, 0.4) is 0 Å². The zero-order valence-corrected chi connectivity index (χ0v) is 14.4. The molecule has 0 saturated heterocycles. The van der Waals surface area contributed by atoms with Gasteiger partial charge in [-0.25, -0.2) is 0 Å². The van der Waals surface area contributed by atoms with E-state index in [-0.39, 0.29) is 5.56 Å². The molecular formula is C20H20F3NO2. The average Bonchev–Trinajstić information content (AvgIpc) is 2.61. The average molecular weight is 363 g/mol. The van der Waals surface area contributed by atoms with Crippen molar-refractivity contribution in [1.29, 1.82) is 0 Å². The molecule has 0 bridgehead atoms. The van der Waals surface area contributed by atoms with Crippen LogP contribution in [-0.4, -0.2) is 31.7 Å². The summed E-state index contributed by atoms with van der Waals surface area (Å²) in [6.07, 6.45) is -1.09. The van der Waals surface area contributed by atoms with Gasteiger partial charge in [-0.15, -0.1) is 0 Å². The fraction of sp³-hybridized carbons (Fsp3) is 0.300. The molecule has 6 heteroatoms. The second-order valence-corrected chi connectivity index (χ2v) is 6.16. The molecule has 0 atom stereocenters. The van der Waals surface area contributed by atoms with E-state index in [0.717, 1.165) is 23.1 Å². The fourth-order valence-corrected chi connectivity index (χ4v) is 2.82. The topological polar surface area (TPSA) is 21.7 Å². The number of hydrogen-bond donors (Lipinski definition) is 0. The number of ether oxygens (including phenoxy) is 2. The molecular weight excluding hydrogens is 343 g/mol. The second-order valence-electron chi connectivity index (χ2n) is 6.16. The highest BCUT2D eigenvalue weighted by atomic mass is 19.4. The molecule has 2 aromatic rings. The number of benzene rings is 2. The molecule has 0 fully saturated rings. The molecule has 0 amide bonds. The lowest BCUT2D eigenvalue weighted by Crippen LogP contribution is -2.19. The Hall–Kier alpha value is -2.47. The highest BCUT2D eigenvalue weighted by Gasteiger charge is 2.32. The van der Waals surface area contributed by atoms with Crippen molar-refractivity contribution in [3.8, 4) is 11.5 Å². The highest BCUT2D eigenvalue weighted by molar-refractivity contribution is 5.54. The van der Waals surface area contributed by atoms with E-state index in [2.05, 4.69) is 0 Å². The highest BCUT2D eigenvalue weighted by Crippen LogP contribution is 2.32. The molecule has 0 aliphatic carbocycles. The first-order valence-corrected chi connectivity index (χ1v) is 8.33. The van der Waals surface area contributed by atoms with E-state index in [1.807, 2.05) is 30.1 Å². The largest absolute Gasteiger partial charge is 0.486 e. The Morgan fingerprint density at radius 2 is 1.77 bits per heavy atom. The molecule has 26 heavy (non-hydrogen) atoms.